The van der Waals surface area contributed by atoms with Crippen LogP contribution in [0, 0.1) is 0 Å². The lowest BCUT2D eigenvalue weighted by atomic mass is 10.2. The van der Waals surface area contributed by atoms with E-state index in [9.17, 15) is 14.4 Å². The van der Waals surface area contributed by atoms with E-state index >= 15 is 0 Å². The maximum absolute atomic E-state index is 13.5. The number of amides is 1. The number of hydrogen-bond acceptors (Lipinski definition) is 7. The molecule has 37 heavy (non-hydrogen) atoms. The van der Waals surface area contributed by atoms with Crippen LogP contribution in [0.4, 0.5) is 10.6 Å². The van der Waals surface area contributed by atoms with Gasteiger partial charge in [0, 0.05) is 19.2 Å². The Labute approximate surface area is 215 Å². The van der Waals surface area contributed by atoms with Crippen molar-refractivity contribution in [3.05, 3.63) is 86.6 Å². The molecule has 0 bridgehead atoms. The van der Waals surface area contributed by atoms with Crippen molar-refractivity contribution in [3.63, 3.8) is 0 Å². The molecular weight excluding hydrogens is 476 g/mol. The molecule has 10 nitrogen and oxygen atoms in total. The molecule has 3 rings (SSSR count). The van der Waals surface area contributed by atoms with Crippen molar-refractivity contribution in [2.24, 2.45) is 0 Å². The fourth-order valence-electron chi connectivity index (χ4n) is 3.56. The first-order valence-electron chi connectivity index (χ1n) is 11.9. The van der Waals surface area contributed by atoms with Crippen LogP contribution in [0.25, 0.3) is 0 Å². The number of nitrogens with zero attached hydrogens (tertiary/aromatic N) is 2. The summed E-state index contributed by atoms with van der Waals surface area (Å²) in [7, 11) is 3.16. The van der Waals surface area contributed by atoms with Crippen molar-refractivity contribution in [2.45, 2.75) is 39.5 Å². The number of anilines is 1. The Morgan fingerprint density at radius 3 is 1.81 bits per heavy atom. The van der Waals surface area contributed by atoms with Gasteiger partial charge in [0.15, 0.2) is 0 Å². The van der Waals surface area contributed by atoms with E-state index in [1.54, 1.807) is 47.1 Å². The molecule has 1 heterocycles. The monoisotopic (exact) mass is 510 g/mol. The predicted octanol–water partition coefficient (Wildman–Crippen LogP) is 3.06. The first-order valence-corrected chi connectivity index (χ1v) is 11.9. The van der Waals surface area contributed by atoms with Crippen LogP contribution in [0.2, 0.25) is 0 Å². The zero-order chi connectivity index (χ0) is 27.0. The lowest BCUT2D eigenvalue weighted by Crippen LogP contribution is -2.41. The summed E-state index contributed by atoms with van der Waals surface area (Å²) in [4.78, 5) is 38.4. The zero-order valence-electron chi connectivity index (χ0n) is 21.9. The third-order valence-corrected chi connectivity index (χ3v) is 5.38. The van der Waals surface area contributed by atoms with Crippen molar-refractivity contribution in [1.29, 1.82) is 0 Å². The van der Waals surface area contributed by atoms with Crippen LogP contribution in [0.3, 0.4) is 0 Å². The first-order chi connectivity index (χ1) is 17.6. The zero-order valence-corrected chi connectivity index (χ0v) is 21.9. The van der Waals surface area contributed by atoms with Crippen LogP contribution in [0.5, 0.6) is 11.5 Å². The molecule has 1 aromatic heterocycles. The molecule has 1 amide bonds. The predicted molar refractivity (Wildman–Crippen MR) is 142 cm³/mol. The third kappa shape index (κ3) is 7.89. The number of ether oxygens (including phenoxy) is 3. The minimum absolute atomic E-state index is 0.116. The lowest BCUT2D eigenvalue weighted by molar-refractivity contribution is 0.0530. The molecule has 0 aliphatic heterocycles. The first kappa shape index (κ1) is 27.4. The minimum atomic E-state index is -0.606. The smallest absolute Gasteiger partial charge is 0.407 e. The highest BCUT2D eigenvalue weighted by atomic mass is 16.6. The highest BCUT2D eigenvalue weighted by Crippen LogP contribution is 2.14. The van der Waals surface area contributed by atoms with Crippen molar-refractivity contribution in [2.75, 3.05) is 32.6 Å². The summed E-state index contributed by atoms with van der Waals surface area (Å²) in [6, 6.07) is 15.9. The van der Waals surface area contributed by atoms with E-state index < -0.39 is 22.9 Å². The average molecular weight is 511 g/mol. The second-order valence-electron chi connectivity index (χ2n) is 9.37. The van der Waals surface area contributed by atoms with E-state index in [0.717, 1.165) is 11.1 Å². The molecule has 0 atom stereocenters. The van der Waals surface area contributed by atoms with Crippen molar-refractivity contribution < 1.29 is 19.0 Å². The maximum atomic E-state index is 13.5. The Morgan fingerprint density at radius 1 is 0.811 bits per heavy atom. The van der Waals surface area contributed by atoms with Gasteiger partial charge in [-0.25, -0.2) is 9.59 Å². The van der Waals surface area contributed by atoms with Crippen molar-refractivity contribution in [1.82, 2.24) is 14.5 Å². The summed E-state index contributed by atoms with van der Waals surface area (Å²) >= 11 is 0. The molecule has 0 aliphatic carbocycles. The van der Waals surface area contributed by atoms with Crippen LogP contribution in [0.15, 0.2) is 64.2 Å². The lowest BCUT2D eigenvalue weighted by Gasteiger charge is -2.20. The van der Waals surface area contributed by atoms with Gasteiger partial charge in [0.1, 0.15) is 22.9 Å². The molecule has 0 saturated heterocycles. The molecule has 10 heteroatoms. The van der Waals surface area contributed by atoms with E-state index in [4.69, 9.17) is 14.2 Å². The van der Waals surface area contributed by atoms with Gasteiger partial charge in [-0.3, -0.25) is 13.9 Å². The molecule has 3 aromatic rings. The fourth-order valence-corrected chi connectivity index (χ4v) is 3.56. The van der Waals surface area contributed by atoms with Crippen molar-refractivity contribution >= 4 is 11.9 Å². The maximum Gasteiger partial charge on any atom is 0.407 e. The minimum Gasteiger partial charge on any atom is -0.497 e. The van der Waals surface area contributed by atoms with Gasteiger partial charge < -0.3 is 24.8 Å². The standard InChI is InChI=1S/C27H34N4O6/c1-27(2,3)37-25(33)29-15-14-28-23-16-24(32)31(18-20-8-12-22(36-5)13-9-20)26(34)30(23)17-19-6-10-21(35-4)11-7-19/h6-13,16,28H,14-15,17-18H2,1-5H3,(H,29,33). The topological polar surface area (TPSA) is 113 Å². The van der Waals surface area contributed by atoms with Crippen LogP contribution < -0.4 is 31.4 Å². The van der Waals surface area contributed by atoms with Gasteiger partial charge in [0.25, 0.3) is 5.56 Å². The Bertz CT molecular complexity index is 1310. The Hall–Kier alpha value is -4.21. The van der Waals surface area contributed by atoms with Crippen LogP contribution in [0.1, 0.15) is 31.9 Å². The van der Waals surface area contributed by atoms with E-state index in [-0.39, 0.29) is 26.2 Å². The van der Waals surface area contributed by atoms with Gasteiger partial charge in [-0.2, -0.15) is 0 Å². The van der Waals surface area contributed by atoms with Gasteiger partial charge in [-0.05, 0) is 56.2 Å². The summed E-state index contributed by atoms with van der Waals surface area (Å²) in [5.41, 5.74) is 0.145. The Morgan fingerprint density at radius 2 is 1.32 bits per heavy atom. The molecule has 0 fully saturated rings. The van der Waals surface area contributed by atoms with Crippen LogP contribution >= 0.6 is 0 Å². The van der Waals surface area contributed by atoms with E-state index in [1.807, 2.05) is 36.4 Å². The summed E-state index contributed by atoms with van der Waals surface area (Å²) < 4.78 is 18.3. The number of methoxy groups -OCH3 is 2. The molecule has 0 unspecified atom stereocenters. The molecule has 0 aliphatic rings. The molecular formula is C27H34N4O6. The molecule has 0 spiro atoms. The highest BCUT2D eigenvalue weighted by molar-refractivity contribution is 5.67. The van der Waals surface area contributed by atoms with E-state index in [2.05, 4.69) is 10.6 Å². The van der Waals surface area contributed by atoms with Crippen LogP contribution in [-0.2, 0) is 17.8 Å². The Kier molecular flexibility index (Phi) is 9.00. The second-order valence-corrected chi connectivity index (χ2v) is 9.37. The Balaban J connectivity index is 1.85. The third-order valence-electron chi connectivity index (χ3n) is 5.38. The summed E-state index contributed by atoms with van der Waals surface area (Å²) in [5.74, 6) is 1.74. The largest absolute Gasteiger partial charge is 0.497 e. The SMILES string of the molecule is COc1ccc(Cn2c(NCCNC(=O)OC(C)(C)C)cc(=O)n(Cc3ccc(OC)cc3)c2=O)cc1. The quantitative estimate of drug-likeness (QED) is 0.403. The number of carbonyl (C=O) groups is 1. The summed E-state index contributed by atoms with van der Waals surface area (Å²) in [5, 5.41) is 5.76. The van der Waals surface area contributed by atoms with Gasteiger partial charge in [0.2, 0.25) is 0 Å². The van der Waals surface area contributed by atoms with Gasteiger partial charge in [-0.1, -0.05) is 24.3 Å². The number of nitrogens with one attached hydrogen (secondary N) is 2. The summed E-state index contributed by atoms with van der Waals surface area (Å²) in [6.45, 7) is 6.21. The number of alkyl carbamates (subject to hydrolysis) is 1. The van der Waals surface area contributed by atoms with E-state index in [1.165, 1.54) is 15.2 Å². The van der Waals surface area contributed by atoms with Gasteiger partial charge in [-0.15, -0.1) is 0 Å². The number of carbonyl (C=O) groups excluding carboxylic acids is 1. The van der Waals surface area contributed by atoms with Crippen molar-refractivity contribution in [3.8, 4) is 11.5 Å². The molecule has 2 aromatic carbocycles. The van der Waals surface area contributed by atoms with Crippen LogP contribution in [-0.4, -0.2) is 48.1 Å². The second kappa shape index (κ2) is 12.2. The number of benzene rings is 2. The number of hydrogen-bond donors (Lipinski definition) is 2. The average Bonchev–Trinajstić information content (AvgIpc) is 2.86. The van der Waals surface area contributed by atoms with Gasteiger partial charge in [0.05, 0.1) is 27.3 Å². The highest BCUT2D eigenvalue weighted by Gasteiger charge is 2.16. The summed E-state index contributed by atoms with van der Waals surface area (Å²) in [6.07, 6.45) is -0.542. The molecule has 0 saturated carbocycles. The normalized spacial score (nSPS) is 11.1. The number of aromatic nitrogens is 2. The number of rotatable bonds is 10. The molecule has 2 N–H and O–H groups in total. The van der Waals surface area contributed by atoms with E-state index in [0.29, 0.717) is 17.3 Å². The van der Waals surface area contributed by atoms with Gasteiger partial charge >= 0.3 is 11.8 Å². The molecule has 198 valence electrons. The molecule has 0 radical (unpaired) electrons. The fraction of sp³-hybridized carbons (Fsp3) is 0.370.